The van der Waals surface area contributed by atoms with Gasteiger partial charge in [-0.2, -0.15) is 0 Å². The Morgan fingerprint density at radius 3 is 3.00 bits per heavy atom. The summed E-state index contributed by atoms with van der Waals surface area (Å²) in [6.07, 6.45) is -1.56. The van der Waals surface area contributed by atoms with Gasteiger partial charge in [0.05, 0.1) is 12.6 Å². The lowest BCUT2D eigenvalue weighted by Crippen LogP contribution is -2.45. The van der Waals surface area contributed by atoms with E-state index in [1.165, 1.54) is 4.90 Å². The average Bonchev–Trinajstić information content (AvgIpc) is 2.94. The molecule has 2 heterocycles. The predicted molar refractivity (Wildman–Crippen MR) is 57.0 cm³/mol. The van der Waals surface area contributed by atoms with Crippen molar-refractivity contribution < 1.29 is 18.2 Å². The fraction of sp³-hybridized carbons (Fsp3) is 0.700. The van der Waals surface area contributed by atoms with E-state index >= 15 is 0 Å². The number of carbonyl (C=O) groups is 1. The first-order chi connectivity index (χ1) is 8.59. The fourth-order valence-corrected chi connectivity index (χ4v) is 1.98. The van der Waals surface area contributed by atoms with Gasteiger partial charge in [-0.1, -0.05) is 10.3 Å². The van der Waals surface area contributed by atoms with Crippen molar-refractivity contribution in [3.05, 3.63) is 11.4 Å². The van der Waals surface area contributed by atoms with E-state index < -0.39 is 18.5 Å². The first-order valence-corrected chi connectivity index (χ1v) is 5.70. The second kappa shape index (κ2) is 5.28. The highest BCUT2D eigenvalue weighted by atomic mass is 19.3. The van der Waals surface area contributed by atoms with Crippen LogP contribution in [-0.4, -0.2) is 40.3 Å². The molecule has 18 heavy (non-hydrogen) atoms. The number of nitrogens with one attached hydrogen (secondary N) is 1. The summed E-state index contributed by atoms with van der Waals surface area (Å²) in [5.74, 6) is 0. The molecule has 1 aliphatic heterocycles. The van der Waals surface area contributed by atoms with Crippen LogP contribution in [0, 0.1) is 6.92 Å². The number of aryl methyl sites for hydroxylation is 1. The lowest BCUT2D eigenvalue weighted by molar-refractivity contribution is 0.0606. The van der Waals surface area contributed by atoms with Crippen LogP contribution in [0.5, 0.6) is 0 Å². The van der Waals surface area contributed by atoms with Gasteiger partial charge in [-0.25, -0.2) is 18.2 Å². The van der Waals surface area contributed by atoms with E-state index in [1.54, 1.807) is 6.92 Å². The quantitative estimate of drug-likeness (QED) is 0.889. The van der Waals surface area contributed by atoms with Crippen LogP contribution in [0.3, 0.4) is 0 Å². The smallest absolute Gasteiger partial charge is 0.318 e. The largest absolute Gasteiger partial charge is 0.332 e. The van der Waals surface area contributed by atoms with Crippen LogP contribution >= 0.6 is 0 Å². The van der Waals surface area contributed by atoms with Gasteiger partial charge in [-0.05, 0) is 19.8 Å². The van der Waals surface area contributed by atoms with Crippen molar-refractivity contribution in [3.8, 4) is 0 Å². The maximum Gasteiger partial charge on any atom is 0.318 e. The first-order valence-electron chi connectivity index (χ1n) is 5.70. The van der Waals surface area contributed by atoms with E-state index in [9.17, 15) is 13.6 Å². The molecule has 6 nitrogen and oxygen atoms in total. The Balaban J connectivity index is 1.90. The summed E-state index contributed by atoms with van der Waals surface area (Å²) in [5, 5.41) is 9.71. The number of amides is 2. The summed E-state index contributed by atoms with van der Waals surface area (Å²) >= 11 is 0. The summed E-state index contributed by atoms with van der Waals surface area (Å²) in [5.41, 5.74) is 1.07. The zero-order valence-electron chi connectivity index (χ0n) is 9.90. The normalized spacial score (nSPS) is 19.6. The molecule has 2 rings (SSSR count). The zero-order chi connectivity index (χ0) is 13.1. The summed E-state index contributed by atoms with van der Waals surface area (Å²) in [4.78, 5) is 12.9. The molecule has 1 saturated heterocycles. The van der Waals surface area contributed by atoms with Crippen LogP contribution in [0.25, 0.3) is 0 Å². The first kappa shape index (κ1) is 12.7. The molecule has 100 valence electrons. The maximum absolute atomic E-state index is 12.7. The molecule has 1 atom stereocenters. The van der Waals surface area contributed by atoms with E-state index in [1.807, 2.05) is 0 Å². The van der Waals surface area contributed by atoms with Crippen molar-refractivity contribution in [2.45, 2.75) is 38.8 Å². The number of hydrogen-bond donors (Lipinski definition) is 1. The summed E-state index contributed by atoms with van der Waals surface area (Å²) in [6, 6.07) is -1.48. The molecule has 0 unspecified atom stereocenters. The van der Waals surface area contributed by atoms with Gasteiger partial charge in [-0.3, -0.25) is 0 Å². The Kier molecular flexibility index (Phi) is 3.73. The second-order valence-electron chi connectivity index (χ2n) is 4.19. The molecule has 8 heteroatoms. The molecule has 1 fully saturated rings. The third-order valence-corrected chi connectivity index (χ3v) is 3.00. The molecule has 2 amide bonds. The molecule has 1 aliphatic rings. The molecular weight excluding hydrogens is 246 g/mol. The van der Waals surface area contributed by atoms with Gasteiger partial charge in [0.15, 0.2) is 0 Å². The molecule has 0 radical (unpaired) electrons. The topological polar surface area (TPSA) is 71.3 Å². The maximum atomic E-state index is 12.7. The van der Waals surface area contributed by atoms with E-state index in [0.29, 0.717) is 30.8 Å². The van der Waals surface area contributed by atoms with Gasteiger partial charge in [0.2, 0.25) is 0 Å². The molecule has 0 aliphatic carbocycles. The Bertz CT molecular complexity index is 424. The highest BCUT2D eigenvalue weighted by Crippen LogP contribution is 2.22. The molecular formula is C10H14F2N4O2. The lowest BCUT2D eigenvalue weighted by Gasteiger charge is -2.23. The van der Waals surface area contributed by atoms with E-state index in [0.717, 1.165) is 0 Å². The van der Waals surface area contributed by atoms with Crippen molar-refractivity contribution in [1.82, 2.24) is 20.5 Å². The van der Waals surface area contributed by atoms with E-state index in [2.05, 4.69) is 20.3 Å². The van der Waals surface area contributed by atoms with Crippen molar-refractivity contribution in [2.75, 3.05) is 6.54 Å². The Morgan fingerprint density at radius 2 is 2.39 bits per heavy atom. The van der Waals surface area contributed by atoms with E-state index in [-0.39, 0.29) is 6.54 Å². The van der Waals surface area contributed by atoms with Crippen molar-refractivity contribution >= 4 is 6.03 Å². The lowest BCUT2D eigenvalue weighted by atomic mass is 10.2. The summed E-state index contributed by atoms with van der Waals surface area (Å²) < 4.78 is 29.8. The SMILES string of the molecule is Cc1nonc1CNC(=O)N1CCC[C@H]1C(F)F. The highest BCUT2D eigenvalue weighted by molar-refractivity contribution is 5.74. The van der Waals surface area contributed by atoms with Crippen LogP contribution in [0.4, 0.5) is 13.6 Å². The number of aromatic nitrogens is 2. The number of urea groups is 1. The minimum atomic E-state index is -2.51. The van der Waals surface area contributed by atoms with Crippen LogP contribution in [-0.2, 0) is 6.54 Å². The highest BCUT2D eigenvalue weighted by Gasteiger charge is 2.35. The Hall–Kier alpha value is -1.73. The fourth-order valence-electron chi connectivity index (χ4n) is 1.98. The van der Waals surface area contributed by atoms with Crippen LogP contribution < -0.4 is 5.32 Å². The van der Waals surface area contributed by atoms with Gasteiger partial charge in [0.25, 0.3) is 6.43 Å². The molecule has 1 N–H and O–H groups in total. The number of nitrogens with zero attached hydrogens (tertiary/aromatic N) is 3. The van der Waals surface area contributed by atoms with Crippen LogP contribution in [0.2, 0.25) is 0 Å². The molecule has 0 spiro atoms. The van der Waals surface area contributed by atoms with Gasteiger partial charge in [-0.15, -0.1) is 0 Å². The third kappa shape index (κ3) is 2.57. The average molecular weight is 260 g/mol. The van der Waals surface area contributed by atoms with Crippen molar-refractivity contribution in [1.29, 1.82) is 0 Å². The third-order valence-electron chi connectivity index (χ3n) is 3.00. The van der Waals surface area contributed by atoms with Gasteiger partial charge < -0.3 is 10.2 Å². The summed E-state index contributed by atoms with van der Waals surface area (Å²) in [6.45, 7) is 2.17. The minimum absolute atomic E-state index is 0.126. The predicted octanol–water partition coefficient (Wildman–Crippen LogP) is 1.32. The van der Waals surface area contributed by atoms with Crippen molar-refractivity contribution in [2.24, 2.45) is 0 Å². The van der Waals surface area contributed by atoms with Gasteiger partial charge >= 0.3 is 6.03 Å². The molecule has 1 aromatic rings. The minimum Gasteiger partial charge on any atom is -0.332 e. The van der Waals surface area contributed by atoms with E-state index in [4.69, 9.17) is 0 Å². The van der Waals surface area contributed by atoms with Crippen LogP contribution in [0.15, 0.2) is 4.63 Å². The molecule has 0 saturated carbocycles. The Labute approximate surface area is 102 Å². The summed E-state index contributed by atoms with van der Waals surface area (Å²) in [7, 11) is 0. The van der Waals surface area contributed by atoms with Gasteiger partial charge in [0, 0.05) is 6.54 Å². The van der Waals surface area contributed by atoms with Gasteiger partial charge in [0.1, 0.15) is 11.4 Å². The number of carbonyl (C=O) groups excluding carboxylic acids is 1. The van der Waals surface area contributed by atoms with Crippen molar-refractivity contribution in [3.63, 3.8) is 0 Å². The van der Waals surface area contributed by atoms with Crippen LogP contribution in [0.1, 0.15) is 24.2 Å². The molecule has 0 bridgehead atoms. The number of alkyl halides is 2. The zero-order valence-corrected chi connectivity index (χ0v) is 9.90. The second-order valence-corrected chi connectivity index (χ2v) is 4.19. The molecule has 0 aromatic carbocycles. The monoisotopic (exact) mass is 260 g/mol. The number of likely N-dealkylation sites (tertiary alicyclic amines) is 1. The Morgan fingerprint density at radius 1 is 1.61 bits per heavy atom. The standard InChI is InChI=1S/C10H14F2N4O2/c1-6-7(15-18-14-6)5-13-10(17)16-4-2-3-8(16)9(11)12/h8-9H,2-5H2,1H3,(H,13,17)/t8-/m0/s1. The molecule has 1 aromatic heterocycles. The number of rotatable bonds is 3. The number of hydrogen-bond acceptors (Lipinski definition) is 4. The number of halogens is 2.